The van der Waals surface area contributed by atoms with Gasteiger partial charge in [-0.3, -0.25) is 0 Å². The molecule has 26 heavy (non-hydrogen) atoms. The highest BCUT2D eigenvalue weighted by Gasteiger charge is 2.34. The van der Waals surface area contributed by atoms with Crippen LogP contribution in [0, 0.1) is 5.82 Å². The summed E-state index contributed by atoms with van der Waals surface area (Å²) in [5.74, 6) is 0.132. The lowest BCUT2D eigenvalue weighted by Crippen LogP contribution is -2.49. The molecular weight excluding hydrogens is 379 g/mol. The predicted octanol–water partition coefficient (Wildman–Crippen LogP) is 2.73. The molecule has 0 amide bonds. The van der Waals surface area contributed by atoms with Crippen LogP contribution in [0.1, 0.15) is 17.2 Å². The Balaban J connectivity index is 0.00000243. The number of nitrogens with one attached hydrogen (secondary N) is 1. The minimum Gasteiger partial charge on any atom is -0.496 e. The second-order valence-electron chi connectivity index (χ2n) is 5.96. The lowest BCUT2D eigenvalue weighted by molar-refractivity contribution is 0.264. The topological polar surface area (TPSA) is 58.6 Å². The van der Waals surface area contributed by atoms with E-state index < -0.39 is 10.0 Å². The first-order valence-corrected chi connectivity index (χ1v) is 9.70. The molecule has 1 N–H and O–H groups in total. The third kappa shape index (κ3) is 4.54. The molecule has 1 atom stereocenters. The Morgan fingerprint density at radius 2 is 1.88 bits per heavy atom. The van der Waals surface area contributed by atoms with E-state index in [-0.39, 0.29) is 30.0 Å². The van der Waals surface area contributed by atoms with Gasteiger partial charge in [0.1, 0.15) is 11.6 Å². The van der Waals surface area contributed by atoms with Crippen LogP contribution in [0.5, 0.6) is 5.75 Å². The molecule has 0 radical (unpaired) electrons. The summed E-state index contributed by atoms with van der Waals surface area (Å²) in [5.41, 5.74) is 1.40. The molecule has 1 heterocycles. The number of benzene rings is 2. The SMILES string of the molecule is COc1ccccc1C1CNCCN1S(=O)(=O)Cc1ccc(F)cc1.Cl. The summed E-state index contributed by atoms with van der Waals surface area (Å²) in [6.45, 7) is 1.49. The summed E-state index contributed by atoms with van der Waals surface area (Å²) in [4.78, 5) is 0. The first kappa shape index (κ1) is 20.6. The van der Waals surface area contributed by atoms with Crippen molar-refractivity contribution in [3.63, 3.8) is 0 Å². The fourth-order valence-corrected chi connectivity index (χ4v) is 4.82. The number of sulfonamides is 1. The summed E-state index contributed by atoms with van der Waals surface area (Å²) >= 11 is 0. The van der Waals surface area contributed by atoms with Gasteiger partial charge in [-0.15, -0.1) is 12.4 Å². The Bertz CT molecular complexity index is 831. The molecule has 0 bridgehead atoms. The van der Waals surface area contributed by atoms with Crippen LogP contribution in [0.15, 0.2) is 48.5 Å². The fourth-order valence-electron chi connectivity index (χ4n) is 3.10. The van der Waals surface area contributed by atoms with Crippen LogP contribution in [0.4, 0.5) is 4.39 Å². The predicted molar refractivity (Wildman–Crippen MR) is 102 cm³/mol. The smallest absolute Gasteiger partial charge is 0.218 e. The average molecular weight is 401 g/mol. The van der Waals surface area contributed by atoms with Crippen LogP contribution in [-0.4, -0.2) is 39.5 Å². The molecule has 1 aliphatic rings. The Morgan fingerprint density at radius 3 is 2.58 bits per heavy atom. The molecule has 0 saturated carbocycles. The van der Waals surface area contributed by atoms with E-state index in [0.29, 0.717) is 30.9 Å². The van der Waals surface area contributed by atoms with Crippen molar-refractivity contribution in [3.8, 4) is 5.75 Å². The Kier molecular flexibility index (Phi) is 7.00. The molecule has 142 valence electrons. The van der Waals surface area contributed by atoms with Gasteiger partial charge in [0.05, 0.1) is 18.9 Å². The molecule has 3 rings (SSSR count). The number of methoxy groups -OCH3 is 1. The quantitative estimate of drug-likeness (QED) is 0.838. The van der Waals surface area contributed by atoms with Crippen molar-refractivity contribution < 1.29 is 17.5 Å². The maximum atomic E-state index is 13.1. The molecule has 1 aliphatic heterocycles. The summed E-state index contributed by atoms with van der Waals surface area (Å²) in [6.07, 6.45) is 0. The molecule has 2 aromatic carbocycles. The van der Waals surface area contributed by atoms with Gasteiger partial charge in [0, 0.05) is 25.2 Å². The zero-order chi connectivity index (χ0) is 17.9. The Labute approximate surface area is 159 Å². The second-order valence-corrected chi connectivity index (χ2v) is 7.88. The van der Waals surface area contributed by atoms with E-state index in [1.807, 2.05) is 24.3 Å². The van der Waals surface area contributed by atoms with E-state index >= 15 is 0 Å². The monoisotopic (exact) mass is 400 g/mol. The highest BCUT2D eigenvalue weighted by molar-refractivity contribution is 7.88. The van der Waals surface area contributed by atoms with Gasteiger partial charge in [-0.05, 0) is 23.8 Å². The number of ether oxygens (including phenoxy) is 1. The number of para-hydroxylation sites is 1. The van der Waals surface area contributed by atoms with Crippen LogP contribution in [0.2, 0.25) is 0 Å². The zero-order valence-electron chi connectivity index (χ0n) is 14.4. The van der Waals surface area contributed by atoms with E-state index in [4.69, 9.17) is 4.74 Å². The minimum absolute atomic E-state index is 0. The standard InChI is InChI=1S/C18H21FN2O3S.ClH/c1-24-18-5-3-2-4-16(18)17-12-20-10-11-21(17)25(22,23)13-14-6-8-15(19)9-7-14;/h2-9,17,20H,10-13H2,1H3;1H. The molecule has 8 heteroatoms. The molecule has 1 fully saturated rings. The third-order valence-corrected chi connectivity index (χ3v) is 6.16. The van der Waals surface area contributed by atoms with Gasteiger partial charge in [0.25, 0.3) is 0 Å². The van der Waals surface area contributed by atoms with Gasteiger partial charge in [-0.25, -0.2) is 12.8 Å². The Hall–Kier alpha value is -1.67. The molecule has 5 nitrogen and oxygen atoms in total. The summed E-state index contributed by atoms with van der Waals surface area (Å²) in [7, 11) is -1.98. The van der Waals surface area contributed by atoms with Crippen LogP contribution in [0.25, 0.3) is 0 Å². The summed E-state index contributed by atoms with van der Waals surface area (Å²) in [6, 6.07) is 12.7. The molecular formula is C18H22ClFN2O3S. The highest BCUT2D eigenvalue weighted by Crippen LogP contribution is 2.32. The number of piperazine rings is 1. The largest absolute Gasteiger partial charge is 0.496 e. The van der Waals surface area contributed by atoms with E-state index in [1.165, 1.54) is 28.6 Å². The van der Waals surface area contributed by atoms with Crippen LogP contribution in [0.3, 0.4) is 0 Å². The second kappa shape index (κ2) is 8.81. The number of hydrogen-bond donors (Lipinski definition) is 1. The first-order valence-electron chi connectivity index (χ1n) is 8.09. The number of rotatable bonds is 5. The van der Waals surface area contributed by atoms with E-state index in [1.54, 1.807) is 7.11 Å². The van der Waals surface area contributed by atoms with Crippen molar-refractivity contribution in [2.75, 3.05) is 26.7 Å². The molecule has 0 spiro atoms. The lowest BCUT2D eigenvalue weighted by atomic mass is 10.0. The maximum absolute atomic E-state index is 13.1. The van der Waals surface area contributed by atoms with Gasteiger partial charge in [0.2, 0.25) is 10.0 Å². The van der Waals surface area contributed by atoms with Gasteiger partial charge >= 0.3 is 0 Å². The van der Waals surface area contributed by atoms with Gasteiger partial charge in [0.15, 0.2) is 0 Å². The van der Waals surface area contributed by atoms with Crippen molar-refractivity contribution in [2.45, 2.75) is 11.8 Å². The maximum Gasteiger partial charge on any atom is 0.218 e. The molecule has 0 aromatic heterocycles. The number of hydrogen-bond acceptors (Lipinski definition) is 4. The Morgan fingerprint density at radius 1 is 1.19 bits per heavy atom. The van der Waals surface area contributed by atoms with E-state index in [0.717, 1.165) is 5.56 Å². The van der Waals surface area contributed by atoms with Crippen molar-refractivity contribution in [3.05, 3.63) is 65.5 Å². The third-order valence-electron chi connectivity index (χ3n) is 4.31. The average Bonchev–Trinajstić information content (AvgIpc) is 2.63. The van der Waals surface area contributed by atoms with Gasteiger partial charge in [-0.2, -0.15) is 4.31 Å². The van der Waals surface area contributed by atoms with E-state index in [2.05, 4.69) is 5.32 Å². The minimum atomic E-state index is -3.56. The van der Waals surface area contributed by atoms with Crippen LogP contribution in [-0.2, 0) is 15.8 Å². The number of nitrogens with zero attached hydrogens (tertiary/aromatic N) is 1. The van der Waals surface area contributed by atoms with Crippen LogP contribution >= 0.6 is 12.4 Å². The van der Waals surface area contributed by atoms with Crippen molar-refractivity contribution in [1.29, 1.82) is 0 Å². The van der Waals surface area contributed by atoms with E-state index in [9.17, 15) is 12.8 Å². The summed E-state index contributed by atoms with van der Waals surface area (Å²) < 4.78 is 46.0. The molecule has 1 saturated heterocycles. The normalized spacial score (nSPS) is 18.2. The summed E-state index contributed by atoms with van der Waals surface area (Å²) in [5, 5.41) is 3.25. The molecule has 1 unspecified atom stereocenters. The molecule has 2 aromatic rings. The van der Waals surface area contributed by atoms with Crippen LogP contribution < -0.4 is 10.1 Å². The zero-order valence-corrected chi connectivity index (χ0v) is 16.0. The first-order chi connectivity index (χ1) is 12.0. The highest BCUT2D eigenvalue weighted by atomic mass is 35.5. The van der Waals surface area contributed by atoms with Crippen molar-refractivity contribution in [2.24, 2.45) is 0 Å². The van der Waals surface area contributed by atoms with Crippen molar-refractivity contribution >= 4 is 22.4 Å². The van der Waals surface area contributed by atoms with Gasteiger partial charge < -0.3 is 10.1 Å². The number of halogens is 2. The lowest BCUT2D eigenvalue weighted by Gasteiger charge is -2.36. The molecule has 0 aliphatic carbocycles. The van der Waals surface area contributed by atoms with Crippen molar-refractivity contribution in [1.82, 2.24) is 9.62 Å². The van der Waals surface area contributed by atoms with Gasteiger partial charge in [-0.1, -0.05) is 30.3 Å². The fraction of sp³-hybridized carbons (Fsp3) is 0.333.